The summed E-state index contributed by atoms with van der Waals surface area (Å²) in [6.07, 6.45) is 5.19. The van der Waals surface area contributed by atoms with Gasteiger partial charge in [-0.15, -0.1) is 0 Å². The first kappa shape index (κ1) is 13.3. The molecule has 1 fully saturated rings. The van der Waals surface area contributed by atoms with E-state index in [-0.39, 0.29) is 11.6 Å². The van der Waals surface area contributed by atoms with E-state index >= 15 is 0 Å². The summed E-state index contributed by atoms with van der Waals surface area (Å²) in [5, 5.41) is 11.3. The number of hydrogen-bond acceptors (Lipinski definition) is 2. The summed E-state index contributed by atoms with van der Waals surface area (Å²) in [6.45, 7) is 0. The third-order valence-electron chi connectivity index (χ3n) is 3.09. The van der Waals surface area contributed by atoms with Gasteiger partial charge in [-0.05, 0) is 43.0 Å². The molecule has 0 unspecified atom stereocenters. The van der Waals surface area contributed by atoms with Gasteiger partial charge in [0, 0.05) is 12.1 Å². The third kappa shape index (κ3) is 3.40. The van der Waals surface area contributed by atoms with Crippen molar-refractivity contribution in [3.05, 3.63) is 41.2 Å². The van der Waals surface area contributed by atoms with Gasteiger partial charge in [-0.2, -0.15) is 0 Å². The first-order chi connectivity index (χ1) is 9.06. The molecule has 5 heteroatoms. The lowest BCUT2D eigenvalue weighted by Gasteiger charge is -2.26. The second kappa shape index (κ2) is 5.65. The van der Waals surface area contributed by atoms with Gasteiger partial charge in [0.25, 0.3) is 5.91 Å². The van der Waals surface area contributed by atoms with Crippen LogP contribution in [0.4, 0.5) is 4.39 Å². The van der Waals surface area contributed by atoms with E-state index in [1.807, 2.05) is 0 Å². The van der Waals surface area contributed by atoms with E-state index in [0.717, 1.165) is 31.4 Å². The van der Waals surface area contributed by atoms with E-state index in [1.165, 1.54) is 18.2 Å². The van der Waals surface area contributed by atoms with E-state index in [2.05, 4.69) is 5.32 Å². The van der Waals surface area contributed by atoms with Crippen molar-refractivity contribution in [1.29, 1.82) is 0 Å². The Bertz CT molecular complexity index is 535. The predicted molar refractivity (Wildman–Crippen MR) is 68.2 cm³/mol. The molecular formula is C14H14FNO3. The minimum atomic E-state index is -1.09. The second-order valence-corrected chi connectivity index (χ2v) is 4.51. The molecule has 0 atom stereocenters. The zero-order valence-corrected chi connectivity index (χ0v) is 10.2. The summed E-state index contributed by atoms with van der Waals surface area (Å²) in [5.74, 6) is -2.15. The molecule has 1 saturated carbocycles. The molecule has 1 amide bonds. The van der Waals surface area contributed by atoms with E-state index in [1.54, 1.807) is 0 Å². The van der Waals surface area contributed by atoms with E-state index in [4.69, 9.17) is 5.11 Å². The molecule has 1 aromatic carbocycles. The molecule has 0 spiro atoms. The molecule has 0 bridgehead atoms. The Hall–Kier alpha value is -2.17. The fraction of sp³-hybridized carbons (Fsp3) is 0.286. The molecule has 1 aliphatic carbocycles. The molecule has 0 aromatic heterocycles. The highest BCUT2D eigenvalue weighted by Crippen LogP contribution is 2.19. The maximum absolute atomic E-state index is 13.6. The van der Waals surface area contributed by atoms with Crippen molar-refractivity contribution in [1.82, 2.24) is 5.32 Å². The number of nitrogens with one attached hydrogen (secondary N) is 1. The van der Waals surface area contributed by atoms with Crippen molar-refractivity contribution in [2.75, 3.05) is 0 Å². The van der Waals surface area contributed by atoms with Gasteiger partial charge in [-0.25, -0.2) is 9.18 Å². The smallest absolute Gasteiger partial charge is 0.328 e. The zero-order chi connectivity index (χ0) is 13.8. The van der Waals surface area contributed by atoms with Gasteiger partial charge < -0.3 is 10.4 Å². The molecule has 0 heterocycles. The first-order valence-electron chi connectivity index (χ1n) is 6.07. The molecule has 2 rings (SSSR count). The molecule has 19 heavy (non-hydrogen) atoms. The Morgan fingerprint density at radius 1 is 1.37 bits per heavy atom. The number of hydrogen-bond donors (Lipinski definition) is 2. The number of carbonyl (C=O) groups excluding carboxylic acids is 1. The van der Waals surface area contributed by atoms with Gasteiger partial charge in [0.15, 0.2) is 0 Å². The molecule has 2 N–H and O–H groups in total. The van der Waals surface area contributed by atoms with Crippen molar-refractivity contribution in [2.24, 2.45) is 0 Å². The minimum absolute atomic E-state index is 0.0561. The van der Waals surface area contributed by atoms with Crippen molar-refractivity contribution in [2.45, 2.75) is 25.3 Å². The van der Waals surface area contributed by atoms with Crippen LogP contribution >= 0.6 is 0 Å². The lowest BCUT2D eigenvalue weighted by Crippen LogP contribution is -2.39. The van der Waals surface area contributed by atoms with Crippen molar-refractivity contribution in [3.8, 4) is 0 Å². The Morgan fingerprint density at radius 3 is 2.68 bits per heavy atom. The van der Waals surface area contributed by atoms with Crippen LogP contribution in [0.15, 0.2) is 24.3 Å². The number of carboxylic acid groups (broad SMARTS) is 1. The lowest BCUT2D eigenvalue weighted by atomic mass is 9.93. The summed E-state index contributed by atoms with van der Waals surface area (Å²) in [6, 6.07) is 4.07. The fourth-order valence-electron chi connectivity index (χ4n) is 1.80. The highest BCUT2D eigenvalue weighted by atomic mass is 19.1. The molecule has 0 radical (unpaired) electrons. The molecule has 0 aliphatic heterocycles. The molecular weight excluding hydrogens is 249 g/mol. The van der Waals surface area contributed by atoms with E-state index < -0.39 is 17.7 Å². The lowest BCUT2D eigenvalue weighted by molar-refractivity contribution is -0.131. The molecule has 100 valence electrons. The topological polar surface area (TPSA) is 66.4 Å². The summed E-state index contributed by atoms with van der Waals surface area (Å²) < 4.78 is 13.6. The maximum Gasteiger partial charge on any atom is 0.328 e. The molecule has 1 aliphatic rings. The summed E-state index contributed by atoms with van der Waals surface area (Å²) in [7, 11) is 0. The molecule has 0 saturated heterocycles. The monoisotopic (exact) mass is 263 g/mol. The van der Waals surface area contributed by atoms with Crippen molar-refractivity contribution in [3.63, 3.8) is 0 Å². The summed E-state index contributed by atoms with van der Waals surface area (Å²) in [5.41, 5.74) is 0.419. The minimum Gasteiger partial charge on any atom is -0.478 e. The zero-order valence-electron chi connectivity index (χ0n) is 10.2. The normalized spacial score (nSPS) is 15.2. The Morgan fingerprint density at radius 2 is 2.11 bits per heavy atom. The van der Waals surface area contributed by atoms with Gasteiger partial charge in [-0.3, -0.25) is 4.79 Å². The number of aliphatic carboxylic acids is 1. The van der Waals surface area contributed by atoms with E-state index in [0.29, 0.717) is 5.56 Å². The van der Waals surface area contributed by atoms with Gasteiger partial charge in [0.1, 0.15) is 5.82 Å². The number of halogens is 1. The number of carbonyl (C=O) groups is 2. The van der Waals surface area contributed by atoms with Gasteiger partial charge in [0.05, 0.1) is 5.56 Å². The largest absolute Gasteiger partial charge is 0.478 e. The average molecular weight is 263 g/mol. The van der Waals surface area contributed by atoms with Gasteiger partial charge in [-0.1, -0.05) is 6.07 Å². The van der Waals surface area contributed by atoms with Crippen LogP contribution in [0.3, 0.4) is 0 Å². The quantitative estimate of drug-likeness (QED) is 0.818. The van der Waals surface area contributed by atoms with Crippen molar-refractivity contribution >= 4 is 18.0 Å². The van der Waals surface area contributed by atoms with Crippen LogP contribution in [0.2, 0.25) is 0 Å². The van der Waals surface area contributed by atoms with Crippen LogP contribution in [0.25, 0.3) is 6.08 Å². The third-order valence-corrected chi connectivity index (χ3v) is 3.09. The Balaban J connectivity index is 2.15. The Labute approximate surface area is 109 Å². The standard InChI is InChI=1S/C14H14FNO3/c15-12-6-4-9(5-7-13(17)18)8-11(12)14(19)16-10-2-1-3-10/h4-8,10H,1-3H2,(H,16,19)(H,17,18). The average Bonchev–Trinajstić information content (AvgIpc) is 2.32. The SMILES string of the molecule is O=C(O)C=Cc1ccc(F)c(C(=O)NC2CCC2)c1. The number of carboxylic acids is 1. The maximum atomic E-state index is 13.6. The second-order valence-electron chi connectivity index (χ2n) is 4.51. The van der Waals surface area contributed by atoms with Crippen molar-refractivity contribution < 1.29 is 19.1 Å². The molecule has 1 aromatic rings. The predicted octanol–water partition coefficient (Wildman–Crippen LogP) is 2.21. The van der Waals surface area contributed by atoms with Crippen LogP contribution < -0.4 is 5.32 Å². The summed E-state index contributed by atoms with van der Waals surface area (Å²) >= 11 is 0. The van der Waals surface area contributed by atoms with Gasteiger partial charge >= 0.3 is 5.97 Å². The number of rotatable bonds is 4. The highest BCUT2D eigenvalue weighted by Gasteiger charge is 2.21. The summed E-state index contributed by atoms with van der Waals surface area (Å²) in [4.78, 5) is 22.3. The van der Waals surface area contributed by atoms with Crippen LogP contribution in [0.5, 0.6) is 0 Å². The number of benzene rings is 1. The number of amides is 1. The van der Waals surface area contributed by atoms with Crippen LogP contribution in [-0.4, -0.2) is 23.0 Å². The van der Waals surface area contributed by atoms with Gasteiger partial charge in [0.2, 0.25) is 0 Å². The Kier molecular flexibility index (Phi) is 3.94. The highest BCUT2D eigenvalue weighted by molar-refractivity contribution is 5.95. The van der Waals surface area contributed by atoms with Crippen LogP contribution in [0, 0.1) is 5.82 Å². The fourth-order valence-corrected chi connectivity index (χ4v) is 1.80. The first-order valence-corrected chi connectivity index (χ1v) is 6.07. The molecule has 4 nitrogen and oxygen atoms in total. The van der Waals surface area contributed by atoms with Crippen LogP contribution in [-0.2, 0) is 4.79 Å². The van der Waals surface area contributed by atoms with Crippen LogP contribution in [0.1, 0.15) is 35.2 Å². The van der Waals surface area contributed by atoms with E-state index in [9.17, 15) is 14.0 Å².